The van der Waals surface area contributed by atoms with E-state index in [1.807, 2.05) is 49.5 Å². The number of hydrogen-bond acceptors (Lipinski definition) is 5. The largest absolute Gasteiger partial charge is 0.464 e. The molecule has 24 heavy (non-hydrogen) atoms. The number of pyridine rings is 1. The average molecular weight is 324 g/mol. The molecule has 0 radical (unpaired) electrons. The number of nitrogens with zero attached hydrogens (tertiary/aromatic N) is 2. The molecule has 0 aromatic carbocycles. The van der Waals surface area contributed by atoms with Crippen LogP contribution in [0.3, 0.4) is 0 Å². The monoisotopic (exact) mass is 324 g/mol. The third-order valence-corrected chi connectivity index (χ3v) is 4.22. The highest BCUT2D eigenvalue weighted by Crippen LogP contribution is 2.26. The van der Waals surface area contributed by atoms with Crippen molar-refractivity contribution in [3.63, 3.8) is 0 Å². The zero-order valence-electron chi connectivity index (χ0n) is 13.6. The van der Waals surface area contributed by atoms with Crippen LogP contribution in [0.4, 0.5) is 0 Å². The number of aromatic nitrogens is 1. The van der Waals surface area contributed by atoms with Gasteiger partial charge in [0.05, 0.1) is 13.2 Å². The molecule has 1 fully saturated rings. The van der Waals surface area contributed by atoms with Crippen molar-refractivity contribution in [2.75, 3.05) is 19.7 Å². The lowest BCUT2D eigenvalue weighted by molar-refractivity contribution is -0.0446. The molecular weight excluding hydrogens is 304 g/mol. The molecule has 124 valence electrons. The normalized spacial score (nSPS) is 18.8. The minimum absolute atomic E-state index is 0.0137. The molecule has 1 atom stereocenters. The van der Waals surface area contributed by atoms with Crippen LogP contribution in [0.15, 0.2) is 57.6 Å². The Hall–Kier alpha value is -2.37. The van der Waals surface area contributed by atoms with Crippen molar-refractivity contribution >= 4 is 0 Å². The van der Waals surface area contributed by atoms with Crippen molar-refractivity contribution in [2.45, 2.75) is 19.6 Å². The maximum absolute atomic E-state index is 5.97. The van der Waals surface area contributed by atoms with Gasteiger partial charge in [0, 0.05) is 31.0 Å². The third kappa shape index (κ3) is 3.27. The topological polar surface area (TPSA) is 51.6 Å². The van der Waals surface area contributed by atoms with Crippen molar-refractivity contribution in [2.24, 2.45) is 0 Å². The zero-order valence-corrected chi connectivity index (χ0v) is 13.6. The third-order valence-electron chi connectivity index (χ3n) is 4.22. The van der Waals surface area contributed by atoms with E-state index in [1.54, 1.807) is 6.20 Å². The average Bonchev–Trinajstić information content (AvgIpc) is 3.25. The number of morpholine rings is 1. The predicted molar refractivity (Wildman–Crippen MR) is 89.4 cm³/mol. The summed E-state index contributed by atoms with van der Waals surface area (Å²) in [4.78, 5) is 6.47. The zero-order chi connectivity index (χ0) is 16.4. The fraction of sp³-hybridized carbons (Fsp3) is 0.316. The van der Waals surface area contributed by atoms with Gasteiger partial charge in [-0.05, 0) is 43.3 Å². The quantitative estimate of drug-likeness (QED) is 0.730. The van der Waals surface area contributed by atoms with Gasteiger partial charge in [0.1, 0.15) is 29.1 Å². The maximum atomic E-state index is 5.97. The summed E-state index contributed by atoms with van der Waals surface area (Å²) in [6.45, 7) is 5.10. The second-order valence-electron chi connectivity index (χ2n) is 6.05. The molecule has 3 aromatic heterocycles. The molecule has 0 N–H and O–H groups in total. The number of hydrogen-bond donors (Lipinski definition) is 0. The number of aryl methyl sites for hydroxylation is 1. The number of furan rings is 2. The van der Waals surface area contributed by atoms with Gasteiger partial charge in [0.25, 0.3) is 0 Å². The Labute approximate surface area is 140 Å². The molecular formula is C19H20N2O3. The molecule has 0 amide bonds. The van der Waals surface area contributed by atoms with E-state index in [2.05, 4.69) is 9.88 Å². The van der Waals surface area contributed by atoms with Gasteiger partial charge >= 0.3 is 0 Å². The summed E-state index contributed by atoms with van der Waals surface area (Å²) in [6, 6.07) is 11.9. The van der Waals surface area contributed by atoms with E-state index in [0.29, 0.717) is 6.61 Å². The highest BCUT2D eigenvalue weighted by molar-refractivity contribution is 5.55. The highest BCUT2D eigenvalue weighted by Gasteiger charge is 2.25. The van der Waals surface area contributed by atoms with E-state index in [-0.39, 0.29) is 6.10 Å². The Morgan fingerprint density at radius 1 is 1.17 bits per heavy atom. The molecule has 1 unspecified atom stereocenters. The van der Waals surface area contributed by atoms with E-state index < -0.39 is 0 Å². The first kappa shape index (κ1) is 15.2. The lowest BCUT2D eigenvalue weighted by atomic mass is 10.2. The van der Waals surface area contributed by atoms with Crippen LogP contribution in [-0.4, -0.2) is 29.6 Å². The maximum Gasteiger partial charge on any atom is 0.135 e. The second kappa shape index (κ2) is 6.63. The van der Waals surface area contributed by atoms with Crippen molar-refractivity contribution in [1.82, 2.24) is 9.88 Å². The first-order chi connectivity index (χ1) is 11.8. The van der Waals surface area contributed by atoms with Crippen LogP contribution < -0.4 is 0 Å². The lowest BCUT2D eigenvalue weighted by Crippen LogP contribution is -2.37. The SMILES string of the molecule is Cc1ccc(C2CN(Cc3ccc(-c4cccnc4)o3)CCO2)o1. The van der Waals surface area contributed by atoms with E-state index >= 15 is 0 Å². The van der Waals surface area contributed by atoms with E-state index in [0.717, 1.165) is 48.2 Å². The molecule has 1 aliphatic rings. The van der Waals surface area contributed by atoms with Gasteiger partial charge in [-0.2, -0.15) is 0 Å². The van der Waals surface area contributed by atoms with Gasteiger partial charge in [0.15, 0.2) is 0 Å². The van der Waals surface area contributed by atoms with Crippen molar-refractivity contribution < 1.29 is 13.6 Å². The summed E-state index contributed by atoms with van der Waals surface area (Å²) in [7, 11) is 0. The first-order valence-corrected chi connectivity index (χ1v) is 8.17. The lowest BCUT2D eigenvalue weighted by Gasteiger charge is -2.31. The Bertz CT molecular complexity index is 794. The first-order valence-electron chi connectivity index (χ1n) is 8.17. The molecule has 4 rings (SSSR count). The molecule has 5 heteroatoms. The predicted octanol–water partition coefficient (Wildman–Crippen LogP) is 3.82. The van der Waals surface area contributed by atoms with Crippen LogP contribution >= 0.6 is 0 Å². The Kier molecular flexibility index (Phi) is 4.19. The standard InChI is InChI=1S/C19H20N2O3/c1-14-4-6-18(23-14)19-13-21(9-10-22-19)12-16-5-7-17(24-16)15-3-2-8-20-11-15/h2-8,11,19H,9-10,12-13H2,1H3. The van der Waals surface area contributed by atoms with Gasteiger partial charge in [0.2, 0.25) is 0 Å². The molecule has 0 spiro atoms. The van der Waals surface area contributed by atoms with Crippen molar-refractivity contribution in [3.8, 4) is 11.3 Å². The Morgan fingerprint density at radius 2 is 2.12 bits per heavy atom. The molecule has 0 saturated carbocycles. The van der Waals surface area contributed by atoms with Crippen molar-refractivity contribution in [3.05, 3.63) is 66.1 Å². The highest BCUT2D eigenvalue weighted by atomic mass is 16.5. The minimum Gasteiger partial charge on any atom is -0.464 e. The van der Waals surface area contributed by atoms with Crippen LogP contribution in [0.25, 0.3) is 11.3 Å². The van der Waals surface area contributed by atoms with Gasteiger partial charge in [-0.3, -0.25) is 9.88 Å². The van der Waals surface area contributed by atoms with Crippen LogP contribution in [0.1, 0.15) is 23.4 Å². The summed E-state index contributed by atoms with van der Waals surface area (Å²) in [5.41, 5.74) is 0.995. The van der Waals surface area contributed by atoms with E-state index in [9.17, 15) is 0 Å². The summed E-state index contributed by atoms with van der Waals surface area (Å²) in [5, 5.41) is 0. The van der Waals surface area contributed by atoms with Gasteiger partial charge < -0.3 is 13.6 Å². The number of rotatable bonds is 4. The molecule has 1 saturated heterocycles. The van der Waals surface area contributed by atoms with Gasteiger partial charge in [-0.25, -0.2) is 0 Å². The van der Waals surface area contributed by atoms with E-state index in [4.69, 9.17) is 13.6 Å². The molecule has 5 nitrogen and oxygen atoms in total. The summed E-state index contributed by atoms with van der Waals surface area (Å²) in [5.74, 6) is 3.61. The summed E-state index contributed by atoms with van der Waals surface area (Å²) < 4.78 is 17.5. The molecule has 0 bridgehead atoms. The molecule has 1 aliphatic heterocycles. The van der Waals surface area contributed by atoms with Gasteiger partial charge in [-0.15, -0.1) is 0 Å². The van der Waals surface area contributed by atoms with Crippen LogP contribution in [0.5, 0.6) is 0 Å². The van der Waals surface area contributed by atoms with E-state index in [1.165, 1.54) is 0 Å². The van der Waals surface area contributed by atoms with Crippen molar-refractivity contribution in [1.29, 1.82) is 0 Å². The Morgan fingerprint density at radius 3 is 2.92 bits per heavy atom. The Balaban J connectivity index is 1.43. The van der Waals surface area contributed by atoms with Crippen LogP contribution in [0.2, 0.25) is 0 Å². The smallest absolute Gasteiger partial charge is 0.135 e. The summed E-state index contributed by atoms with van der Waals surface area (Å²) >= 11 is 0. The minimum atomic E-state index is -0.0137. The second-order valence-corrected chi connectivity index (χ2v) is 6.05. The van der Waals surface area contributed by atoms with Crippen LogP contribution in [-0.2, 0) is 11.3 Å². The molecule has 3 aromatic rings. The summed E-state index contributed by atoms with van der Waals surface area (Å²) in [6.07, 6.45) is 3.56. The fourth-order valence-corrected chi connectivity index (χ4v) is 2.99. The molecule has 0 aliphatic carbocycles. The molecule has 4 heterocycles. The fourth-order valence-electron chi connectivity index (χ4n) is 2.99. The van der Waals surface area contributed by atoms with Crippen LogP contribution in [0, 0.1) is 6.92 Å². The number of ether oxygens (including phenoxy) is 1. The van der Waals surface area contributed by atoms with Gasteiger partial charge in [-0.1, -0.05) is 0 Å².